The van der Waals surface area contributed by atoms with Crippen molar-refractivity contribution in [2.45, 2.75) is 38.3 Å². The Morgan fingerprint density at radius 1 is 1.11 bits per heavy atom. The number of amides is 1. The van der Waals surface area contributed by atoms with Crippen molar-refractivity contribution in [3.05, 3.63) is 63.2 Å². The number of aromatic nitrogens is 2. The van der Waals surface area contributed by atoms with Gasteiger partial charge in [-0.15, -0.1) is 0 Å². The quantitative estimate of drug-likeness (QED) is 0.568. The Hall–Kier alpha value is -2.18. The van der Waals surface area contributed by atoms with Gasteiger partial charge in [-0.2, -0.15) is 0 Å². The molecule has 1 fully saturated rings. The van der Waals surface area contributed by atoms with Crippen LogP contribution >= 0.6 is 27.5 Å². The zero-order valence-corrected chi connectivity index (χ0v) is 17.7. The molecule has 4 rings (SSSR count). The van der Waals surface area contributed by atoms with Gasteiger partial charge in [-0.3, -0.25) is 4.79 Å². The molecule has 7 heteroatoms. The molecule has 0 spiro atoms. The van der Waals surface area contributed by atoms with Gasteiger partial charge >= 0.3 is 0 Å². The van der Waals surface area contributed by atoms with E-state index in [1.807, 2.05) is 25.1 Å². The third kappa shape index (κ3) is 4.28. The fourth-order valence-electron chi connectivity index (χ4n) is 3.61. The molecule has 5 nitrogen and oxygen atoms in total. The molecular weight excluding hydrogens is 440 g/mol. The lowest BCUT2D eigenvalue weighted by molar-refractivity contribution is 0.0938. The van der Waals surface area contributed by atoms with Crippen LogP contribution in [-0.4, -0.2) is 28.0 Å². The second kappa shape index (κ2) is 8.05. The molecule has 2 atom stereocenters. The lowest BCUT2D eigenvalue weighted by Gasteiger charge is -2.15. The van der Waals surface area contributed by atoms with Crippen molar-refractivity contribution >= 4 is 50.3 Å². The van der Waals surface area contributed by atoms with Gasteiger partial charge in [0.25, 0.3) is 5.91 Å². The maximum Gasteiger partial charge on any atom is 0.251 e. The van der Waals surface area contributed by atoms with E-state index in [-0.39, 0.29) is 18.0 Å². The first-order valence-corrected chi connectivity index (χ1v) is 10.4. The monoisotopic (exact) mass is 458 g/mol. The van der Waals surface area contributed by atoms with E-state index in [4.69, 9.17) is 11.6 Å². The fraction of sp³-hybridized carbons (Fsp3) is 0.286. The van der Waals surface area contributed by atoms with Gasteiger partial charge in [-0.05, 0) is 68.7 Å². The van der Waals surface area contributed by atoms with E-state index in [0.717, 1.165) is 40.3 Å². The van der Waals surface area contributed by atoms with Gasteiger partial charge < -0.3 is 10.6 Å². The first kappa shape index (κ1) is 19.2. The van der Waals surface area contributed by atoms with Crippen molar-refractivity contribution in [3.8, 4) is 0 Å². The lowest BCUT2D eigenvalue weighted by atomic mass is 10.2. The van der Waals surface area contributed by atoms with E-state index in [2.05, 4.69) is 36.5 Å². The fourth-order valence-corrected chi connectivity index (χ4v) is 4.10. The van der Waals surface area contributed by atoms with Crippen LogP contribution in [0.3, 0.4) is 0 Å². The smallest absolute Gasteiger partial charge is 0.251 e. The molecule has 2 aromatic carbocycles. The van der Waals surface area contributed by atoms with Crippen LogP contribution in [0.2, 0.25) is 5.02 Å². The number of halogens is 2. The average Bonchev–Trinajstić information content (AvgIpc) is 3.09. The number of hydrogen-bond donors (Lipinski definition) is 2. The maximum absolute atomic E-state index is 12.4. The SMILES string of the molecule is Cc1nc(N[C@@H]2CC[C@H](NC(=O)c3ccc(Cl)cc3)C2)nc2ccc(Br)cc12. The predicted octanol–water partition coefficient (Wildman–Crippen LogP) is 5.12. The first-order valence-electron chi connectivity index (χ1n) is 9.25. The summed E-state index contributed by atoms with van der Waals surface area (Å²) in [6.07, 6.45) is 2.74. The zero-order chi connectivity index (χ0) is 19.7. The highest BCUT2D eigenvalue weighted by molar-refractivity contribution is 9.10. The highest BCUT2D eigenvalue weighted by atomic mass is 79.9. The van der Waals surface area contributed by atoms with Crippen LogP contribution in [0.4, 0.5) is 5.95 Å². The zero-order valence-electron chi connectivity index (χ0n) is 15.4. The summed E-state index contributed by atoms with van der Waals surface area (Å²) in [4.78, 5) is 21.6. The normalized spacial score (nSPS) is 19.0. The molecule has 2 N–H and O–H groups in total. The molecule has 0 saturated heterocycles. The van der Waals surface area contributed by atoms with Crippen LogP contribution in [0.5, 0.6) is 0 Å². The van der Waals surface area contributed by atoms with Gasteiger partial charge in [0, 0.05) is 32.5 Å². The van der Waals surface area contributed by atoms with E-state index in [1.54, 1.807) is 24.3 Å². The van der Waals surface area contributed by atoms with Crippen LogP contribution in [0.15, 0.2) is 46.9 Å². The summed E-state index contributed by atoms with van der Waals surface area (Å²) in [6, 6.07) is 13.3. The molecule has 0 aliphatic heterocycles. The van der Waals surface area contributed by atoms with E-state index in [1.165, 1.54) is 0 Å². The topological polar surface area (TPSA) is 66.9 Å². The minimum Gasteiger partial charge on any atom is -0.351 e. The molecule has 1 aliphatic carbocycles. The van der Waals surface area contributed by atoms with Crippen molar-refractivity contribution < 1.29 is 4.79 Å². The summed E-state index contributed by atoms with van der Waals surface area (Å²) in [5.74, 6) is 0.577. The van der Waals surface area contributed by atoms with Crippen LogP contribution in [0, 0.1) is 6.92 Å². The van der Waals surface area contributed by atoms with Gasteiger partial charge in [0.15, 0.2) is 0 Å². The van der Waals surface area contributed by atoms with Gasteiger partial charge in [0.1, 0.15) is 0 Å². The number of aryl methyl sites for hydroxylation is 1. The van der Waals surface area contributed by atoms with Crippen molar-refractivity contribution in [2.75, 3.05) is 5.32 Å². The van der Waals surface area contributed by atoms with E-state index in [0.29, 0.717) is 16.5 Å². The standard InChI is InChI=1S/C21H20BrClN4O/c1-12-18-10-14(22)4-9-19(18)27-21(24-12)26-17-8-7-16(11-17)25-20(28)13-2-5-15(23)6-3-13/h2-6,9-10,16-17H,7-8,11H2,1H3,(H,25,28)(H,24,26,27)/t16-,17+/m0/s1. The Kier molecular flexibility index (Phi) is 5.51. The predicted molar refractivity (Wildman–Crippen MR) is 116 cm³/mol. The number of nitrogens with zero attached hydrogens (tertiary/aromatic N) is 2. The minimum atomic E-state index is -0.0642. The molecule has 28 heavy (non-hydrogen) atoms. The second-order valence-corrected chi connectivity index (χ2v) is 8.48. The third-order valence-corrected chi connectivity index (χ3v) is 5.80. The summed E-state index contributed by atoms with van der Waals surface area (Å²) >= 11 is 9.37. The molecule has 0 bridgehead atoms. The van der Waals surface area contributed by atoms with Crippen molar-refractivity contribution in [1.82, 2.24) is 15.3 Å². The Morgan fingerprint density at radius 2 is 1.86 bits per heavy atom. The molecule has 1 amide bonds. The average molecular weight is 460 g/mol. The molecule has 144 valence electrons. The van der Waals surface area contributed by atoms with E-state index in [9.17, 15) is 4.79 Å². The highest BCUT2D eigenvalue weighted by Gasteiger charge is 2.26. The minimum absolute atomic E-state index is 0.0642. The molecular formula is C21H20BrClN4O. The summed E-state index contributed by atoms with van der Waals surface area (Å²) in [5.41, 5.74) is 2.49. The van der Waals surface area contributed by atoms with Crippen molar-refractivity contribution in [3.63, 3.8) is 0 Å². The molecule has 0 radical (unpaired) electrons. The van der Waals surface area contributed by atoms with Crippen molar-refractivity contribution in [2.24, 2.45) is 0 Å². The van der Waals surface area contributed by atoms with Crippen LogP contribution in [0.1, 0.15) is 35.3 Å². The Morgan fingerprint density at radius 3 is 2.64 bits per heavy atom. The number of hydrogen-bond acceptors (Lipinski definition) is 4. The highest BCUT2D eigenvalue weighted by Crippen LogP contribution is 2.25. The summed E-state index contributed by atoms with van der Waals surface area (Å²) in [6.45, 7) is 1.99. The number of rotatable bonds is 4. The number of anilines is 1. The number of benzene rings is 2. The van der Waals surface area contributed by atoms with Crippen LogP contribution in [0.25, 0.3) is 10.9 Å². The molecule has 1 heterocycles. The number of carbonyl (C=O) groups is 1. The Labute approximate surface area is 177 Å². The second-order valence-electron chi connectivity index (χ2n) is 7.13. The maximum atomic E-state index is 12.4. The molecule has 1 saturated carbocycles. The molecule has 0 unspecified atom stereocenters. The van der Waals surface area contributed by atoms with E-state index < -0.39 is 0 Å². The lowest BCUT2D eigenvalue weighted by Crippen LogP contribution is -2.34. The van der Waals surface area contributed by atoms with Gasteiger partial charge in [-0.25, -0.2) is 9.97 Å². The van der Waals surface area contributed by atoms with Crippen molar-refractivity contribution in [1.29, 1.82) is 0 Å². The van der Waals surface area contributed by atoms with E-state index >= 15 is 0 Å². The number of fused-ring (bicyclic) bond motifs is 1. The van der Waals surface area contributed by atoms with Gasteiger partial charge in [-0.1, -0.05) is 27.5 Å². The molecule has 3 aromatic rings. The Balaban J connectivity index is 1.39. The van der Waals surface area contributed by atoms with Gasteiger partial charge in [0.2, 0.25) is 5.95 Å². The number of carbonyl (C=O) groups excluding carboxylic acids is 1. The number of nitrogens with one attached hydrogen (secondary N) is 2. The summed E-state index contributed by atoms with van der Waals surface area (Å²) in [7, 11) is 0. The molecule has 1 aromatic heterocycles. The van der Waals surface area contributed by atoms with Crippen LogP contribution in [-0.2, 0) is 0 Å². The molecule has 1 aliphatic rings. The largest absolute Gasteiger partial charge is 0.351 e. The van der Waals surface area contributed by atoms with Crippen LogP contribution < -0.4 is 10.6 Å². The van der Waals surface area contributed by atoms with Gasteiger partial charge in [0.05, 0.1) is 11.2 Å². The summed E-state index contributed by atoms with van der Waals surface area (Å²) in [5, 5.41) is 8.21. The summed E-state index contributed by atoms with van der Waals surface area (Å²) < 4.78 is 1.02. The Bertz CT molecular complexity index is 1020. The first-order chi connectivity index (χ1) is 13.5. The third-order valence-electron chi connectivity index (χ3n) is 5.06.